The van der Waals surface area contributed by atoms with Crippen LogP contribution in [-0.4, -0.2) is 16.1 Å². The number of pyridine rings is 1. The number of hydrogen-bond acceptors (Lipinski definition) is 2. The third-order valence-electron chi connectivity index (χ3n) is 1.09. The lowest BCUT2D eigenvalue weighted by Gasteiger charge is -1.88. The van der Waals surface area contributed by atoms with Crippen LogP contribution in [0.3, 0.4) is 0 Å². The maximum atomic E-state index is 10.6. The number of Topliss-reactive ketones (excluding diaryl/α,β-unsaturated/α-hetero) is 1. The van der Waals surface area contributed by atoms with Gasteiger partial charge in [0.2, 0.25) is 0 Å². The normalized spacial score (nSPS) is 8.25. The van der Waals surface area contributed by atoms with Crippen LogP contribution in [0.4, 0.5) is 0 Å². The van der Waals surface area contributed by atoms with Gasteiger partial charge in [-0.15, -0.1) is 0 Å². The highest BCUT2D eigenvalue weighted by atomic mass is 79.9. The zero-order chi connectivity index (χ0) is 9.40. The van der Waals surface area contributed by atoms with Crippen molar-refractivity contribution < 1.29 is 4.79 Å². The van der Waals surface area contributed by atoms with Gasteiger partial charge >= 0.3 is 0 Å². The second-order valence-electron chi connectivity index (χ2n) is 2.06. The molecule has 3 heteroatoms. The Bertz CT molecular complexity index is 223. The second-order valence-corrected chi connectivity index (χ2v) is 3.18. The molecule has 1 aromatic rings. The van der Waals surface area contributed by atoms with Crippen LogP contribution in [0.5, 0.6) is 0 Å². The summed E-state index contributed by atoms with van der Waals surface area (Å²) in [4.78, 5) is 14.4. The van der Waals surface area contributed by atoms with Gasteiger partial charge in [0.25, 0.3) is 0 Å². The molecular formula is C9H12BrNO. The Morgan fingerprint density at radius 3 is 2.17 bits per heavy atom. The first kappa shape index (κ1) is 11.3. The zero-order valence-corrected chi connectivity index (χ0v) is 8.84. The van der Waals surface area contributed by atoms with E-state index in [0.29, 0.717) is 5.56 Å². The molecule has 0 saturated carbocycles. The molecule has 0 atom stereocenters. The van der Waals surface area contributed by atoms with Gasteiger partial charge in [0.1, 0.15) is 0 Å². The minimum atomic E-state index is 0.0809. The third kappa shape index (κ3) is 5.02. The summed E-state index contributed by atoms with van der Waals surface area (Å²) in [6, 6.07) is 3.39. The van der Waals surface area contributed by atoms with Crippen molar-refractivity contribution in [3.63, 3.8) is 0 Å². The molecular weight excluding hydrogens is 218 g/mol. The first-order chi connectivity index (χ1) is 5.72. The quantitative estimate of drug-likeness (QED) is 0.548. The molecule has 0 N–H and O–H groups in total. The number of ketones is 1. The van der Waals surface area contributed by atoms with Gasteiger partial charge in [-0.1, -0.05) is 22.9 Å². The average Bonchev–Trinajstić information content (AvgIpc) is 2.07. The number of hydrogen-bond donors (Lipinski definition) is 0. The van der Waals surface area contributed by atoms with Crippen molar-refractivity contribution in [2.45, 2.75) is 13.8 Å². The predicted octanol–water partition coefficient (Wildman–Crippen LogP) is 2.69. The molecule has 1 aromatic heterocycles. The van der Waals surface area contributed by atoms with E-state index in [0.717, 1.165) is 5.33 Å². The fourth-order valence-electron chi connectivity index (χ4n) is 0.587. The minimum absolute atomic E-state index is 0.0809. The Morgan fingerprint density at radius 1 is 1.50 bits per heavy atom. The number of carbonyl (C=O) groups is 1. The number of rotatable bonds is 1. The first-order valence-corrected chi connectivity index (χ1v) is 4.81. The maximum absolute atomic E-state index is 10.6. The summed E-state index contributed by atoms with van der Waals surface area (Å²) in [5, 5.41) is 1.06. The van der Waals surface area contributed by atoms with Gasteiger partial charge < -0.3 is 0 Å². The van der Waals surface area contributed by atoms with E-state index in [4.69, 9.17) is 0 Å². The van der Waals surface area contributed by atoms with Crippen molar-refractivity contribution in [2.75, 3.05) is 5.33 Å². The molecule has 66 valence electrons. The van der Waals surface area contributed by atoms with E-state index in [1.165, 1.54) is 6.92 Å². The Morgan fingerprint density at radius 2 is 1.92 bits per heavy atom. The highest BCUT2D eigenvalue weighted by Crippen LogP contribution is 1.95. The van der Waals surface area contributed by atoms with E-state index >= 15 is 0 Å². The summed E-state index contributed by atoms with van der Waals surface area (Å²) in [6.45, 7) is 3.58. The number of carbonyl (C=O) groups excluding carboxylic acids is 1. The van der Waals surface area contributed by atoms with E-state index in [1.807, 2.05) is 6.92 Å². The van der Waals surface area contributed by atoms with Crippen LogP contribution < -0.4 is 0 Å². The molecule has 12 heavy (non-hydrogen) atoms. The van der Waals surface area contributed by atoms with E-state index in [9.17, 15) is 4.79 Å². The van der Waals surface area contributed by atoms with Crippen LogP contribution in [0.1, 0.15) is 24.2 Å². The van der Waals surface area contributed by atoms with E-state index < -0.39 is 0 Å². The molecule has 0 fully saturated rings. The molecule has 2 nitrogen and oxygen atoms in total. The number of halogens is 1. The van der Waals surface area contributed by atoms with Crippen LogP contribution in [0, 0.1) is 0 Å². The number of alkyl halides is 1. The summed E-state index contributed by atoms with van der Waals surface area (Å²) in [5.74, 6) is 0.0809. The lowest BCUT2D eigenvalue weighted by molar-refractivity contribution is 0.101. The van der Waals surface area contributed by atoms with Crippen LogP contribution in [0.25, 0.3) is 0 Å². The number of nitrogens with zero attached hydrogens (tertiary/aromatic N) is 1. The predicted molar refractivity (Wildman–Crippen MR) is 53.7 cm³/mol. The van der Waals surface area contributed by atoms with Crippen molar-refractivity contribution in [3.05, 3.63) is 30.1 Å². The highest BCUT2D eigenvalue weighted by molar-refractivity contribution is 9.09. The van der Waals surface area contributed by atoms with Gasteiger partial charge in [0, 0.05) is 23.3 Å². The van der Waals surface area contributed by atoms with E-state index in [-0.39, 0.29) is 5.78 Å². The van der Waals surface area contributed by atoms with E-state index in [1.54, 1.807) is 24.5 Å². The lowest BCUT2D eigenvalue weighted by atomic mass is 10.2. The highest BCUT2D eigenvalue weighted by Gasteiger charge is 1.93. The summed E-state index contributed by atoms with van der Waals surface area (Å²) < 4.78 is 0. The summed E-state index contributed by atoms with van der Waals surface area (Å²) in [7, 11) is 0. The van der Waals surface area contributed by atoms with Gasteiger partial charge in [0.15, 0.2) is 5.78 Å². The van der Waals surface area contributed by atoms with E-state index in [2.05, 4.69) is 20.9 Å². The van der Waals surface area contributed by atoms with Crippen molar-refractivity contribution in [1.29, 1.82) is 0 Å². The summed E-state index contributed by atoms with van der Waals surface area (Å²) >= 11 is 3.15. The number of aromatic nitrogens is 1. The fraction of sp³-hybridized carbons (Fsp3) is 0.333. The van der Waals surface area contributed by atoms with Crippen LogP contribution >= 0.6 is 15.9 Å². The summed E-state index contributed by atoms with van der Waals surface area (Å²) in [6.07, 6.45) is 3.22. The largest absolute Gasteiger partial charge is 0.295 e. The molecule has 0 unspecified atom stereocenters. The second kappa shape index (κ2) is 6.98. The fourth-order valence-corrected chi connectivity index (χ4v) is 0.587. The first-order valence-electron chi connectivity index (χ1n) is 3.69. The molecule has 0 aromatic carbocycles. The lowest BCUT2D eigenvalue weighted by Crippen LogP contribution is -1.89. The molecule has 0 aliphatic carbocycles. The molecule has 0 aliphatic rings. The third-order valence-corrected chi connectivity index (χ3v) is 1.09. The van der Waals surface area contributed by atoms with Crippen LogP contribution in [-0.2, 0) is 0 Å². The Hall–Kier alpha value is -0.700. The Kier molecular flexibility index (Phi) is 6.57. The van der Waals surface area contributed by atoms with Crippen molar-refractivity contribution >= 4 is 21.7 Å². The van der Waals surface area contributed by atoms with Gasteiger partial charge in [-0.2, -0.15) is 0 Å². The van der Waals surface area contributed by atoms with Crippen LogP contribution in [0.2, 0.25) is 0 Å². The smallest absolute Gasteiger partial charge is 0.159 e. The zero-order valence-electron chi connectivity index (χ0n) is 7.25. The molecule has 0 amide bonds. The molecule has 0 saturated heterocycles. The standard InChI is InChI=1S/C7H7NO.C2H5Br/c1-6(9)7-2-4-8-5-3-7;1-2-3/h2-5H,1H3;2H2,1H3. The van der Waals surface area contributed by atoms with Crippen molar-refractivity contribution in [1.82, 2.24) is 4.98 Å². The van der Waals surface area contributed by atoms with Gasteiger partial charge in [-0.25, -0.2) is 0 Å². The van der Waals surface area contributed by atoms with Crippen LogP contribution in [0.15, 0.2) is 24.5 Å². The minimum Gasteiger partial charge on any atom is -0.295 e. The van der Waals surface area contributed by atoms with Gasteiger partial charge in [0.05, 0.1) is 0 Å². The topological polar surface area (TPSA) is 30.0 Å². The molecule has 0 radical (unpaired) electrons. The molecule has 1 rings (SSSR count). The molecule has 1 heterocycles. The maximum Gasteiger partial charge on any atom is 0.159 e. The molecule has 0 bridgehead atoms. The van der Waals surface area contributed by atoms with Gasteiger partial charge in [-0.05, 0) is 19.1 Å². The van der Waals surface area contributed by atoms with Crippen molar-refractivity contribution in [2.24, 2.45) is 0 Å². The SMILES string of the molecule is CC(=O)c1ccncc1.CCBr. The monoisotopic (exact) mass is 229 g/mol. The average molecular weight is 230 g/mol. The van der Waals surface area contributed by atoms with Crippen molar-refractivity contribution in [3.8, 4) is 0 Å². The molecule has 0 aliphatic heterocycles. The Balaban J connectivity index is 0.000000354. The molecule has 0 spiro atoms. The Labute approximate surface area is 81.1 Å². The van der Waals surface area contributed by atoms with Gasteiger partial charge in [-0.3, -0.25) is 9.78 Å². The summed E-state index contributed by atoms with van der Waals surface area (Å²) in [5.41, 5.74) is 0.713.